The molecular formula is C23H32N2O6. The molecule has 2 fully saturated rings. The first kappa shape index (κ1) is 23.1. The first-order chi connectivity index (χ1) is 14.4. The van der Waals surface area contributed by atoms with E-state index in [0.717, 1.165) is 10.5 Å². The Kier molecular flexibility index (Phi) is 6.32. The van der Waals surface area contributed by atoms with Gasteiger partial charge in [0.2, 0.25) is 5.91 Å². The second kappa shape index (κ2) is 8.49. The van der Waals surface area contributed by atoms with Gasteiger partial charge in [0, 0.05) is 6.04 Å². The zero-order chi connectivity index (χ0) is 23.0. The Balaban J connectivity index is 1.81. The van der Waals surface area contributed by atoms with Crippen molar-refractivity contribution in [2.75, 3.05) is 6.61 Å². The van der Waals surface area contributed by atoms with Crippen molar-refractivity contribution in [2.45, 2.75) is 77.4 Å². The van der Waals surface area contributed by atoms with Gasteiger partial charge < -0.3 is 19.5 Å². The van der Waals surface area contributed by atoms with Crippen molar-refractivity contribution in [1.29, 1.82) is 0 Å². The Bertz CT molecular complexity index is 827. The number of hydrogen-bond acceptors (Lipinski definition) is 6. The molecule has 1 heterocycles. The van der Waals surface area contributed by atoms with Gasteiger partial charge in [-0.3, -0.25) is 4.79 Å². The van der Waals surface area contributed by atoms with Gasteiger partial charge in [0.1, 0.15) is 18.2 Å². The summed E-state index contributed by atoms with van der Waals surface area (Å²) in [6.07, 6.45) is -1.27. The number of rotatable bonds is 4. The predicted molar refractivity (Wildman–Crippen MR) is 113 cm³/mol. The maximum atomic E-state index is 13.5. The van der Waals surface area contributed by atoms with Crippen LogP contribution >= 0.6 is 0 Å². The lowest BCUT2D eigenvalue weighted by atomic mass is 9.74. The van der Waals surface area contributed by atoms with E-state index in [0.29, 0.717) is 6.42 Å². The lowest BCUT2D eigenvalue weighted by Gasteiger charge is -2.46. The van der Waals surface area contributed by atoms with Crippen LogP contribution in [0.3, 0.4) is 0 Å². The van der Waals surface area contributed by atoms with Crippen LogP contribution in [-0.4, -0.2) is 52.9 Å². The maximum absolute atomic E-state index is 13.5. The summed E-state index contributed by atoms with van der Waals surface area (Å²) in [5, 5.41) is 2.77. The average Bonchev–Trinajstić information content (AvgIpc) is 3.00. The van der Waals surface area contributed by atoms with Crippen molar-refractivity contribution < 1.29 is 28.6 Å². The van der Waals surface area contributed by atoms with E-state index in [1.54, 1.807) is 20.8 Å². The molecule has 3 rings (SSSR count). The molecule has 0 bridgehead atoms. The standard InChI is InChI=1S/C23H32N2O6/c1-22(2,3)30-17-12-15(24-20(27)31-23(4,5)6)18(17)19(26)25-16(13-29-21(25)28)14-10-8-7-9-11-14/h7-11,15-18H,12-13H2,1-6H3,(H,24,27)/t15-,16+,17+,18-/m1/s1. The number of imide groups is 1. The number of ether oxygens (including phenoxy) is 3. The topological polar surface area (TPSA) is 94.2 Å². The van der Waals surface area contributed by atoms with E-state index in [-0.39, 0.29) is 6.61 Å². The fourth-order valence-corrected chi connectivity index (χ4v) is 3.87. The van der Waals surface area contributed by atoms with Crippen LogP contribution in [0.2, 0.25) is 0 Å². The summed E-state index contributed by atoms with van der Waals surface area (Å²) in [7, 11) is 0. The first-order valence-electron chi connectivity index (χ1n) is 10.6. The largest absolute Gasteiger partial charge is 0.446 e. The van der Waals surface area contributed by atoms with E-state index >= 15 is 0 Å². The Morgan fingerprint density at radius 2 is 1.71 bits per heavy atom. The number of alkyl carbamates (subject to hydrolysis) is 1. The maximum Gasteiger partial charge on any atom is 0.417 e. The molecule has 1 aliphatic carbocycles. The minimum absolute atomic E-state index is 0.0935. The van der Waals surface area contributed by atoms with Gasteiger partial charge in [-0.25, -0.2) is 14.5 Å². The highest BCUT2D eigenvalue weighted by Gasteiger charge is 2.54. The molecule has 8 nitrogen and oxygen atoms in total. The number of carbonyl (C=O) groups excluding carboxylic acids is 3. The average molecular weight is 433 g/mol. The van der Waals surface area contributed by atoms with Crippen molar-refractivity contribution in [3.8, 4) is 0 Å². The van der Waals surface area contributed by atoms with Crippen LogP contribution in [0, 0.1) is 5.92 Å². The molecule has 1 saturated carbocycles. The molecule has 31 heavy (non-hydrogen) atoms. The molecule has 0 unspecified atom stereocenters. The van der Waals surface area contributed by atoms with Gasteiger partial charge in [0.05, 0.1) is 17.6 Å². The van der Waals surface area contributed by atoms with E-state index in [1.165, 1.54) is 0 Å². The highest BCUT2D eigenvalue weighted by Crippen LogP contribution is 2.39. The summed E-state index contributed by atoms with van der Waals surface area (Å²) >= 11 is 0. The quantitative estimate of drug-likeness (QED) is 0.778. The van der Waals surface area contributed by atoms with Crippen molar-refractivity contribution >= 4 is 18.1 Å². The minimum atomic E-state index is -0.719. The van der Waals surface area contributed by atoms with Gasteiger partial charge in [0.15, 0.2) is 0 Å². The Morgan fingerprint density at radius 1 is 1.06 bits per heavy atom. The Morgan fingerprint density at radius 3 is 2.29 bits per heavy atom. The second-order valence-electron chi connectivity index (χ2n) is 9.99. The molecule has 1 saturated heterocycles. The molecule has 170 valence electrons. The van der Waals surface area contributed by atoms with E-state index in [2.05, 4.69) is 5.32 Å². The molecule has 0 spiro atoms. The van der Waals surface area contributed by atoms with E-state index in [9.17, 15) is 14.4 Å². The number of nitrogens with one attached hydrogen (secondary N) is 1. The SMILES string of the molecule is CC(C)(C)OC(=O)N[C@@H]1C[C@H](OC(C)(C)C)[C@@H]1C(=O)N1C(=O)OC[C@H]1c1ccccc1. The third-order valence-electron chi connectivity index (χ3n) is 5.11. The fraction of sp³-hybridized carbons (Fsp3) is 0.609. The molecule has 1 aromatic rings. The van der Waals surface area contributed by atoms with Crippen LogP contribution in [0.25, 0.3) is 0 Å². The lowest BCUT2D eigenvalue weighted by molar-refractivity contribution is -0.166. The van der Waals surface area contributed by atoms with E-state index in [4.69, 9.17) is 14.2 Å². The number of carbonyl (C=O) groups is 3. The number of amides is 3. The van der Waals surface area contributed by atoms with Crippen LogP contribution in [0.4, 0.5) is 9.59 Å². The molecule has 0 aromatic heterocycles. The predicted octanol–water partition coefficient (Wildman–Crippen LogP) is 3.80. The number of nitrogens with zero attached hydrogens (tertiary/aromatic N) is 1. The molecule has 3 amide bonds. The molecule has 1 N–H and O–H groups in total. The molecule has 8 heteroatoms. The highest BCUT2D eigenvalue weighted by molar-refractivity contribution is 5.96. The fourth-order valence-electron chi connectivity index (χ4n) is 3.87. The van der Waals surface area contributed by atoms with E-state index in [1.807, 2.05) is 51.1 Å². The monoisotopic (exact) mass is 432 g/mol. The Labute approximate surface area is 183 Å². The summed E-state index contributed by atoms with van der Waals surface area (Å²) in [6, 6.07) is 8.26. The number of cyclic esters (lactones) is 1. The molecule has 4 atom stereocenters. The summed E-state index contributed by atoms with van der Waals surface area (Å²) in [4.78, 5) is 39.5. The second-order valence-corrected chi connectivity index (χ2v) is 9.99. The van der Waals surface area contributed by atoms with Gasteiger partial charge in [-0.1, -0.05) is 30.3 Å². The number of benzene rings is 1. The van der Waals surface area contributed by atoms with Gasteiger partial charge in [-0.05, 0) is 53.5 Å². The first-order valence-corrected chi connectivity index (χ1v) is 10.6. The zero-order valence-corrected chi connectivity index (χ0v) is 19.0. The molecule has 1 aliphatic heterocycles. The molecule has 0 radical (unpaired) electrons. The van der Waals surface area contributed by atoms with Crippen molar-refractivity contribution in [2.24, 2.45) is 5.92 Å². The van der Waals surface area contributed by atoms with Crippen LogP contribution in [0.15, 0.2) is 30.3 Å². The minimum Gasteiger partial charge on any atom is -0.446 e. The van der Waals surface area contributed by atoms with Crippen LogP contribution in [0.1, 0.15) is 59.6 Å². The number of hydrogen-bond donors (Lipinski definition) is 1. The Hall–Kier alpha value is -2.61. The summed E-state index contributed by atoms with van der Waals surface area (Å²) in [6.45, 7) is 11.1. The van der Waals surface area contributed by atoms with Crippen molar-refractivity contribution in [1.82, 2.24) is 10.2 Å². The van der Waals surface area contributed by atoms with Crippen LogP contribution in [-0.2, 0) is 19.0 Å². The molecule has 2 aliphatic rings. The highest BCUT2D eigenvalue weighted by atomic mass is 16.6. The van der Waals surface area contributed by atoms with Crippen molar-refractivity contribution in [3.05, 3.63) is 35.9 Å². The summed E-state index contributed by atoms with van der Waals surface area (Å²) < 4.78 is 16.6. The normalized spacial score (nSPS) is 26.1. The summed E-state index contributed by atoms with van der Waals surface area (Å²) in [5.74, 6) is -1.14. The van der Waals surface area contributed by atoms with Gasteiger partial charge >= 0.3 is 12.2 Å². The lowest BCUT2D eigenvalue weighted by Crippen LogP contribution is -2.63. The third-order valence-corrected chi connectivity index (χ3v) is 5.11. The van der Waals surface area contributed by atoms with Crippen LogP contribution in [0.5, 0.6) is 0 Å². The van der Waals surface area contributed by atoms with Gasteiger partial charge in [0.25, 0.3) is 0 Å². The zero-order valence-electron chi connectivity index (χ0n) is 19.0. The smallest absolute Gasteiger partial charge is 0.417 e. The van der Waals surface area contributed by atoms with Gasteiger partial charge in [-0.2, -0.15) is 0 Å². The molecule has 1 aromatic carbocycles. The third kappa shape index (κ3) is 5.55. The van der Waals surface area contributed by atoms with Gasteiger partial charge in [-0.15, -0.1) is 0 Å². The van der Waals surface area contributed by atoms with Crippen molar-refractivity contribution in [3.63, 3.8) is 0 Å². The van der Waals surface area contributed by atoms with E-state index < -0.39 is 53.4 Å². The molecular weight excluding hydrogens is 400 g/mol. The van der Waals surface area contributed by atoms with Crippen LogP contribution < -0.4 is 5.32 Å². The summed E-state index contributed by atoms with van der Waals surface area (Å²) in [5.41, 5.74) is -0.332.